The second-order valence-corrected chi connectivity index (χ2v) is 6.25. The van der Waals surface area contributed by atoms with Gasteiger partial charge in [-0.05, 0) is 48.2 Å². The number of urea groups is 1. The number of imide groups is 1. The van der Waals surface area contributed by atoms with Gasteiger partial charge in [0.05, 0.1) is 7.11 Å². The summed E-state index contributed by atoms with van der Waals surface area (Å²) in [5, 5.41) is 2.80. The van der Waals surface area contributed by atoms with Crippen molar-refractivity contribution in [2.75, 3.05) is 13.7 Å². The number of methoxy groups -OCH3 is 1. The fourth-order valence-corrected chi connectivity index (χ4v) is 3.24. The van der Waals surface area contributed by atoms with Gasteiger partial charge in [-0.25, -0.2) is 9.18 Å². The number of rotatable bonds is 6. The summed E-state index contributed by atoms with van der Waals surface area (Å²) < 4.78 is 18.3. The van der Waals surface area contributed by atoms with Gasteiger partial charge in [-0.15, -0.1) is 0 Å². The van der Waals surface area contributed by atoms with E-state index in [1.54, 1.807) is 19.2 Å². The van der Waals surface area contributed by atoms with Crippen LogP contribution in [0.4, 0.5) is 9.18 Å². The maximum Gasteiger partial charge on any atom is 0.325 e. The summed E-state index contributed by atoms with van der Waals surface area (Å²) in [7, 11) is 1.60. The zero-order valence-electron chi connectivity index (χ0n) is 14.8. The average molecular weight is 356 g/mol. The Kier molecular flexibility index (Phi) is 4.93. The lowest BCUT2D eigenvalue weighted by Crippen LogP contribution is -2.43. The summed E-state index contributed by atoms with van der Waals surface area (Å²) in [6.45, 7) is 2.11. The van der Waals surface area contributed by atoms with Crippen LogP contribution in [0.5, 0.6) is 5.75 Å². The van der Waals surface area contributed by atoms with E-state index in [0.29, 0.717) is 18.4 Å². The monoisotopic (exact) mass is 356 g/mol. The summed E-state index contributed by atoms with van der Waals surface area (Å²) in [4.78, 5) is 26.7. The van der Waals surface area contributed by atoms with Crippen molar-refractivity contribution in [2.24, 2.45) is 0 Å². The lowest BCUT2D eigenvalue weighted by Gasteiger charge is -2.25. The first-order valence-corrected chi connectivity index (χ1v) is 8.53. The van der Waals surface area contributed by atoms with Crippen molar-refractivity contribution >= 4 is 11.9 Å². The quantitative estimate of drug-likeness (QED) is 0.809. The van der Waals surface area contributed by atoms with E-state index < -0.39 is 11.6 Å². The zero-order valence-corrected chi connectivity index (χ0v) is 14.8. The molecule has 1 fully saturated rings. The maximum absolute atomic E-state index is 13.2. The minimum Gasteiger partial charge on any atom is -0.497 e. The van der Waals surface area contributed by atoms with E-state index in [0.717, 1.165) is 11.3 Å². The molecular weight excluding hydrogens is 335 g/mol. The van der Waals surface area contributed by atoms with Gasteiger partial charge in [0.1, 0.15) is 17.1 Å². The number of halogens is 1. The molecule has 0 aliphatic carbocycles. The zero-order chi connectivity index (χ0) is 18.7. The summed E-state index contributed by atoms with van der Waals surface area (Å²) in [5.41, 5.74) is 0.457. The molecule has 0 bridgehead atoms. The molecule has 0 saturated carbocycles. The normalized spacial score (nSPS) is 19.6. The van der Waals surface area contributed by atoms with E-state index in [1.807, 2.05) is 31.2 Å². The van der Waals surface area contributed by atoms with Crippen LogP contribution in [0.25, 0.3) is 0 Å². The first-order chi connectivity index (χ1) is 12.5. The lowest BCUT2D eigenvalue weighted by atomic mass is 9.87. The van der Waals surface area contributed by atoms with Gasteiger partial charge in [-0.1, -0.05) is 31.2 Å². The molecule has 26 heavy (non-hydrogen) atoms. The largest absolute Gasteiger partial charge is 0.497 e. The fraction of sp³-hybridized carbons (Fsp3) is 0.300. The molecule has 1 unspecified atom stereocenters. The van der Waals surface area contributed by atoms with Crippen molar-refractivity contribution in [3.63, 3.8) is 0 Å². The van der Waals surface area contributed by atoms with Crippen molar-refractivity contribution in [3.8, 4) is 5.75 Å². The molecule has 1 saturated heterocycles. The van der Waals surface area contributed by atoms with Gasteiger partial charge in [-0.3, -0.25) is 9.69 Å². The Morgan fingerprint density at radius 2 is 1.73 bits per heavy atom. The Labute approximate surface area is 151 Å². The smallest absolute Gasteiger partial charge is 0.325 e. The SMILES string of the molecule is CCC1(c2ccc(F)cc2)NC(=O)N(CCc2ccc(OC)cc2)C1=O. The van der Waals surface area contributed by atoms with Crippen LogP contribution in [-0.2, 0) is 16.8 Å². The Balaban J connectivity index is 1.77. The van der Waals surface area contributed by atoms with E-state index in [2.05, 4.69) is 5.32 Å². The molecule has 1 heterocycles. The number of carbonyl (C=O) groups excluding carboxylic acids is 2. The van der Waals surface area contributed by atoms with Gasteiger partial charge in [0.2, 0.25) is 0 Å². The van der Waals surface area contributed by atoms with E-state index in [-0.39, 0.29) is 18.3 Å². The summed E-state index contributed by atoms with van der Waals surface area (Å²) in [6.07, 6.45) is 0.939. The molecule has 1 aliphatic heterocycles. The van der Waals surface area contributed by atoms with E-state index >= 15 is 0 Å². The molecule has 3 amide bonds. The number of nitrogens with zero attached hydrogens (tertiary/aromatic N) is 1. The van der Waals surface area contributed by atoms with Gasteiger partial charge >= 0.3 is 6.03 Å². The third kappa shape index (κ3) is 3.14. The molecule has 1 aliphatic rings. The van der Waals surface area contributed by atoms with Gasteiger partial charge in [-0.2, -0.15) is 0 Å². The number of carbonyl (C=O) groups is 2. The maximum atomic E-state index is 13.2. The molecule has 2 aromatic rings. The minimum atomic E-state index is -1.13. The van der Waals surface area contributed by atoms with Crippen molar-refractivity contribution in [2.45, 2.75) is 25.3 Å². The van der Waals surface area contributed by atoms with Crippen LogP contribution in [0.3, 0.4) is 0 Å². The van der Waals surface area contributed by atoms with Crippen LogP contribution in [-0.4, -0.2) is 30.5 Å². The van der Waals surface area contributed by atoms with Crippen LogP contribution in [0.15, 0.2) is 48.5 Å². The standard InChI is InChI=1S/C20H21FN2O3/c1-3-20(15-6-8-16(21)9-7-15)18(24)23(19(25)22-20)13-12-14-4-10-17(26-2)11-5-14/h4-11H,3,12-13H2,1-2H3,(H,22,25). The molecule has 1 atom stereocenters. The lowest BCUT2D eigenvalue weighted by molar-refractivity contribution is -0.131. The van der Waals surface area contributed by atoms with Crippen molar-refractivity contribution in [1.29, 1.82) is 0 Å². The number of benzene rings is 2. The summed E-state index contributed by atoms with van der Waals surface area (Å²) in [6, 6.07) is 12.8. The molecule has 1 N–H and O–H groups in total. The van der Waals surface area contributed by atoms with E-state index in [4.69, 9.17) is 4.74 Å². The first kappa shape index (κ1) is 17.9. The fourth-order valence-electron chi connectivity index (χ4n) is 3.24. The molecule has 6 heteroatoms. The number of ether oxygens (including phenoxy) is 1. The van der Waals surface area contributed by atoms with Crippen LogP contribution >= 0.6 is 0 Å². The molecule has 0 spiro atoms. The predicted molar refractivity (Wildman–Crippen MR) is 95.3 cm³/mol. The first-order valence-electron chi connectivity index (χ1n) is 8.53. The molecule has 5 nitrogen and oxygen atoms in total. The molecule has 2 aromatic carbocycles. The number of nitrogens with one attached hydrogen (secondary N) is 1. The number of hydrogen-bond acceptors (Lipinski definition) is 3. The van der Waals surface area contributed by atoms with Gasteiger partial charge in [0.25, 0.3) is 5.91 Å². The topological polar surface area (TPSA) is 58.6 Å². The highest BCUT2D eigenvalue weighted by atomic mass is 19.1. The van der Waals surface area contributed by atoms with E-state index in [1.165, 1.54) is 17.0 Å². The summed E-state index contributed by atoms with van der Waals surface area (Å²) >= 11 is 0. The summed E-state index contributed by atoms with van der Waals surface area (Å²) in [5.74, 6) is 0.0725. The number of amides is 3. The molecule has 136 valence electrons. The predicted octanol–water partition coefficient (Wildman–Crippen LogP) is 3.23. The van der Waals surface area contributed by atoms with Crippen LogP contribution in [0.2, 0.25) is 0 Å². The Bertz CT molecular complexity index is 805. The Hall–Kier alpha value is -2.89. The van der Waals surface area contributed by atoms with Crippen molar-refractivity contribution in [1.82, 2.24) is 10.2 Å². The second kappa shape index (κ2) is 7.15. The van der Waals surface area contributed by atoms with Crippen LogP contribution < -0.4 is 10.1 Å². The van der Waals surface area contributed by atoms with Gasteiger partial charge < -0.3 is 10.1 Å². The molecule has 3 rings (SSSR count). The van der Waals surface area contributed by atoms with Gasteiger partial charge in [0, 0.05) is 6.54 Å². The molecule has 0 radical (unpaired) electrons. The second-order valence-electron chi connectivity index (χ2n) is 6.25. The third-order valence-corrected chi connectivity index (χ3v) is 4.83. The Morgan fingerprint density at radius 1 is 1.08 bits per heavy atom. The van der Waals surface area contributed by atoms with Crippen LogP contribution in [0.1, 0.15) is 24.5 Å². The highest BCUT2D eigenvalue weighted by molar-refractivity contribution is 6.07. The van der Waals surface area contributed by atoms with E-state index in [9.17, 15) is 14.0 Å². The van der Waals surface area contributed by atoms with Crippen molar-refractivity contribution < 1.29 is 18.7 Å². The highest BCUT2D eigenvalue weighted by Gasteiger charge is 2.50. The van der Waals surface area contributed by atoms with Crippen molar-refractivity contribution in [3.05, 3.63) is 65.5 Å². The van der Waals surface area contributed by atoms with Crippen LogP contribution in [0, 0.1) is 5.82 Å². The average Bonchev–Trinajstić information content (AvgIpc) is 2.91. The number of hydrogen-bond donors (Lipinski definition) is 1. The molecule has 0 aromatic heterocycles. The Morgan fingerprint density at radius 3 is 2.31 bits per heavy atom. The molecular formula is C20H21FN2O3. The highest BCUT2D eigenvalue weighted by Crippen LogP contribution is 2.32. The third-order valence-electron chi connectivity index (χ3n) is 4.83. The minimum absolute atomic E-state index is 0.278. The van der Waals surface area contributed by atoms with Gasteiger partial charge in [0.15, 0.2) is 0 Å².